The van der Waals surface area contributed by atoms with Crippen LogP contribution in [0, 0.1) is 0 Å². The van der Waals surface area contributed by atoms with E-state index in [1.165, 1.54) is 6.07 Å². The highest BCUT2D eigenvalue weighted by Gasteiger charge is 2.31. The van der Waals surface area contributed by atoms with Crippen LogP contribution in [0.3, 0.4) is 0 Å². The lowest BCUT2D eigenvalue weighted by molar-refractivity contribution is -0.137. The number of hydrogen-bond acceptors (Lipinski definition) is 1. The van der Waals surface area contributed by atoms with E-state index in [1.807, 2.05) is 11.5 Å². The van der Waals surface area contributed by atoms with E-state index in [1.54, 1.807) is 0 Å². The summed E-state index contributed by atoms with van der Waals surface area (Å²) in [6.45, 7) is 4.15. The first-order valence-electron chi connectivity index (χ1n) is 7.02. The maximum absolute atomic E-state index is 12.8. The van der Waals surface area contributed by atoms with E-state index in [0.717, 1.165) is 31.4 Å². The summed E-state index contributed by atoms with van der Waals surface area (Å²) >= 11 is 5.91. The van der Waals surface area contributed by atoms with Crippen molar-refractivity contribution in [2.75, 3.05) is 0 Å². The van der Waals surface area contributed by atoms with Crippen LogP contribution < -0.4 is 0 Å². The fourth-order valence-corrected chi connectivity index (χ4v) is 2.73. The second-order valence-corrected chi connectivity index (χ2v) is 5.49. The van der Waals surface area contributed by atoms with E-state index < -0.39 is 11.7 Å². The van der Waals surface area contributed by atoms with Gasteiger partial charge in [-0.3, -0.25) is 0 Å². The predicted octanol–water partition coefficient (Wildman–Crippen LogP) is 5.55. The first-order valence-corrected chi connectivity index (χ1v) is 7.56. The third-order valence-electron chi connectivity index (χ3n) is 3.63. The largest absolute Gasteiger partial charge is 0.416 e. The summed E-state index contributed by atoms with van der Waals surface area (Å²) in [5, 5.41) is 0. The van der Waals surface area contributed by atoms with Crippen molar-refractivity contribution in [3.8, 4) is 0 Å². The molecule has 0 bridgehead atoms. The monoisotopic (exact) mass is 318 g/mol. The normalized spacial score (nSPS) is 13.8. The molecule has 0 saturated heterocycles. The summed E-state index contributed by atoms with van der Waals surface area (Å²) in [5.41, 5.74) is 0.382. The first kappa shape index (κ1) is 16.1. The van der Waals surface area contributed by atoms with Crippen LogP contribution in [0.15, 0.2) is 18.2 Å². The van der Waals surface area contributed by atoms with Crippen molar-refractivity contribution in [1.82, 2.24) is 9.55 Å². The van der Waals surface area contributed by atoms with Gasteiger partial charge in [0.2, 0.25) is 0 Å². The Morgan fingerprint density at radius 3 is 2.62 bits per heavy atom. The molecule has 2 rings (SSSR count). The number of fused-ring (bicyclic) bond motifs is 1. The van der Waals surface area contributed by atoms with Gasteiger partial charge >= 0.3 is 6.18 Å². The van der Waals surface area contributed by atoms with Crippen molar-refractivity contribution in [1.29, 1.82) is 0 Å². The zero-order valence-corrected chi connectivity index (χ0v) is 12.8. The molecule has 21 heavy (non-hydrogen) atoms. The fourth-order valence-electron chi connectivity index (χ4n) is 2.54. The number of rotatable bonds is 5. The van der Waals surface area contributed by atoms with Crippen LogP contribution >= 0.6 is 11.6 Å². The molecule has 1 atom stereocenters. The van der Waals surface area contributed by atoms with E-state index in [-0.39, 0.29) is 11.9 Å². The lowest BCUT2D eigenvalue weighted by Gasteiger charge is -2.16. The molecule has 0 spiro atoms. The number of aromatic nitrogens is 2. The van der Waals surface area contributed by atoms with Gasteiger partial charge in [0.1, 0.15) is 5.82 Å². The number of unbranched alkanes of at least 4 members (excludes halogenated alkanes) is 1. The minimum absolute atomic E-state index is 0.167. The second-order valence-electron chi connectivity index (χ2n) is 5.22. The quantitative estimate of drug-likeness (QED) is 0.661. The van der Waals surface area contributed by atoms with Crippen LogP contribution in [0.4, 0.5) is 13.2 Å². The molecular formula is C15H18ClF3N2. The predicted molar refractivity (Wildman–Crippen MR) is 78.5 cm³/mol. The Morgan fingerprint density at radius 1 is 1.33 bits per heavy atom. The van der Waals surface area contributed by atoms with Gasteiger partial charge in [-0.25, -0.2) is 4.98 Å². The first-order chi connectivity index (χ1) is 9.88. The molecule has 0 fully saturated rings. The zero-order chi connectivity index (χ0) is 15.6. The standard InChI is InChI=1S/C15H18ClF3N2/c1-3-4-5-10(2)21-13-7-6-11(15(17,18)19)8-12(13)20-14(21)9-16/h6-8,10H,3-5,9H2,1-2H3. The van der Waals surface area contributed by atoms with Crippen LogP contribution in [0.5, 0.6) is 0 Å². The molecule has 0 amide bonds. The Kier molecular flexibility index (Phi) is 4.81. The lowest BCUT2D eigenvalue weighted by Crippen LogP contribution is -2.09. The molecule has 1 unspecified atom stereocenters. The van der Waals surface area contributed by atoms with Crippen LogP contribution in [0.2, 0.25) is 0 Å². The van der Waals surface area contributed by atoms with Crippen molar-refractivity contribution in [3.05, 3.63) is 29.6 Å². The summed E-state index contributed by atoms with van der Waals surface area (Å²) in [7, 11) is 0. The molecule has 1 heterocycles. The zero-order valence-electron chi connectivity index (χ0n) is 12.0. The van der Waals surface area contributed by atoms with Gasteiger partial charge in [-0.05, 0) is 31.5 Å². The topological polar surface area (TPSA) is 17.8 Å². The van der Waals surface area contributed by atoms with Crippen LogP contribution in [0.1, 0.15) is 50.5 Å². The SMILES string of the molecule is CCCCC(C)n1c(CCl)nc2cc(C(F)(F)F)ccc21. The van der Waals surface area contributed by atoms with Crippen LogP contribution in [-0.4, -0.2) is 9.55 Å². The molecule has 0 N–H and O–H groups in total. The molecule has 0 aliphatic rings. The van der Waals surface area contributed by atoms with Crippen molar-refractivity contribution < 1.29 is 13.2 Å². The second kappa shape index (κ2) is 6.26. The summed E-state index contributed by atoms with van der Waals surface area (Å²) < 4.78 is 40.3. The van der Waals surface area contributed by atoms with Gasteiger partial charge in [-0.15, -0.1) is 11.6 Å². The van der Waals surface area contributed by atoms with E-state index >= 15 is 0 Å². The fraction of sp³-hybridized carbons (Fsp3) is 0.533. The van der Waals surface area contributed by atoms with Crippen LogP contribution in [-0.2, 0) is 12.1 Å². The molecule has 0 radical (unpaired) electrons. The number of alkyl halides is 4. The molecule has 0 saturated carbocycles. The molecule has 0 aliphatic heterocycles. The third-order valence-corrected chi connectivity index (χ3v) is 3.86. The highest BCUT2D eigenvalue weighted by Crippen LogP contribution is 2.33. The van der Waals surface area contributed by atoms with E-state index in [0.29, 0.717) is 16.9 Å². The van der Waals surface area contributed by atoms with Crippen molar-refractivity contribution in [3.63, 3.8) is 0 Å². The number of imidazole rings is 1. The Morgan fingerprint density at radius 2 is 2.05 bits per heavy atom. The highest BCUT2D eigenvalue weighted by molar-refractivity contribution is 6.16. The van der Waals surface area contributed by atoms with Gasteiger partial charge in [-0.2, -0.15) is 13.2 Å². The van der Waals surface area contributed by atoms with E-state index in [2.05, 4.69) is 11.9 Å². The Hall–Kier alpha value is -1.23. The smallest absolute Gasteiger partial charge is 0.324 e. The molecule has 1 aromatic heterocycles. The Bertz CT molecular complexity index is 619. The van der Waals surface area contributed by atoms with Gasteiger partial charge < -0.3 is 4.57 Å². The highest BCUT2D eigenvalue weighted by atomic mass is 35.5. The van der Waals surface area contributed by atoms with Gasteiger partial charge in [-0.1, -0.05) is 19.8 Å². The van der Waals surface area contributed by atoms with Gasteiger partial charge in [0, 0.05) is 6.04 Å². The van der Waals surface area contributed by atoms with E-state index in [9.17, 15) is 13.2 Å². The number of hydrogen-bond donors (Lipinski definition) is 0. The van der Waals surface area contributed by atoms with Crippen molar-refractivity contribution >= 4 is 22.6 Å². The molecular weight excluding hydrogens is 301 g/mol. The van der Waals surface area contributed by atoms with Crippen LogP contribution in [0.25, 0.3) is 11.0 Å². The average Bonchev–Trinajstić information content (AvgIpc) is 2.81. The number of benzene rings is 1. The molecule has 0 aliphatic carbocycles. The van der Waals surface area contributed by atoms with Gasteiger partial charge in [0.25, 0.3) is 0 Å². The third kappa shape index (κ3) is 3.34. The minimum atomic E-state index is -4.35. The maximum atomic E-state index is 12.8. The Balaban J connectivity index is 2.49. The molecule has 6 heteroatoms. The molecule has 116 valence electrons. The Labute approximate surface area is 126 Å². The number of nitrogens with zero attached hydrogens (tertiary/aromatic N) is 2. The maximum Gasteiger partial charge on any atom is 0.416 e. The number of halogens is 4. The molecule has 2 aromatic rings. The molecule has 2 nitrogen and oxygen atoms in total. The van der Waals surface area contributed by atoms with Gasteiger partial charge in [0.15, 0.2) is 0 Å². The van der Waals surface area contributed by atoms with Crippen molar-refractivity contribution in [2.45, 2.75) is 51.2 Å². The summed E-state index contributed by atoms with van der Waals surface area (Å²) in [5.74, 6) is 0.807. The molecule has 1 aromatic carbocycles. The lowest BCUT2D eigenvalue weighted by atomic mass is 10.1. The summed E-state index contributed by atoms with van der Waals surface area (Å²) in [6, 6.07) is 3.85. The summed E-state index contributed by atoms with van der Waals surface area (Å²) in [4.78, 5) is 4.27. The summed E-state index contributed by atoms with van der Waals surface area (Å²) in [6.07, 6.45) is -1.27. The average molecular weight is 319 g/mol. The van der Waals surface area contributed by atoms with Crippen molar-refractivity contribution in [2.24, 2.45) is 0 Å². The van der Waals surface area contributed by atoms with E-state index in [4.69, 9.17) is 11.6 Å². The minimum Gasteiger partial charge on any atom is -0.324 e. The van der Waals surface area contributed by atoms with Gasteiger partial charge in [0.05, 0.1) is 22.5 Å².